The summed E-state index contributed by atoms with van der Waals surface area (Å²) in [7, 11) is -6.35. The first-order chi connectivity index (χ1) is 54.0. The minimum absolute atomic E-state index is 0. The average Bonchev–Trinajstić information content (AvgIpc) is 1.59. The number of alkyl halides is 3. The summed E-state index contributed by atoms with van der Waals surface area (Å²) in [6.45, 7) is 10.4. The van der Waals surface area contributed by atoms with E-state index >= 15 is 13.2 Å². The summed E-state index contributed by atoms with van der Waals surface area (Å²) in [4.78, 5) is 30.4. The van der Waals surface area contributed by atoms with Gasteiger partial charge in [0.2, 0.25) is 0 Å². The van der Waals surface area contributed by atoms with Crippen LogP contribution < -0.4 is 5.32 Å². The van der Waals surface area contributed by atoms with Crippen molar-refractivity contribution in [2.45, 2.75) is 151 Å². The first kappa shape index (κ1) is 87.3. The fourth-order valence-corrected chi connectivity index (χ4v) is 20.1. The molecule has 0 atom stereocenters. The molecule has 0 spiro atoms. The minimum atomic E-state index is -3.92. The number of hydrogen-bond acceptors (Lipinski definition) is 19. The van der Waals surface area contributed by atoms with Gasteiger partial charge in [0.05, 0.1) is 72.9 Å². The number of pyridine rings is 3. The molecule has 3 saturated carbocycles. The van der Waals surface area contributed by atoms with Gasteiger partial charge in [-0.15, -0.1) is 0 Å². The number of morpholine rings is 3. The molecule has 116 heavy (non-hydrogen) atoms. The van der Waals surface area contributed by atoms with Crippen molar-refractivity contribution in [3.8, 4) is 33.4 Å². The largest absolute Gasteiger partial charge is 0.379 e. The quantitative estimate of drug-likeness (QED) is 0.106. The van der Waals surface area contributed by atoms with Crippen LogP contribution in [0.25, 0.3) is 66.5 Å². The van der Waals surface area contributed by atoms with Crippen molar-refractivity contribution in [2.24, 2.45) is 21.1 Å². The highest BCUT2D eigenvalue weighted by Crippen LogP contribution is 2.47. The van der Waals surface area contributed by atoms with Gasteiger partial charge in [0.15, 0.2) is 16.9 Å². The third-order valence-electron chi connectivity index (χ3n) is 22.4. The van der Waals surface area contributed by atoms with Crippen molar-refractivity contribution in [3.63, 3.8) is 0 Å². The second-order valence-electron chi connectivity index (χ2n) is 29.5. The van der Waals surface area contributed by atoms with Crippen molar-refractivity contribution in [1.82, 2.24) is 71.3 Å². The summed E-state index contributed by atoms with van der Waals surface area (Å²) in [6.07, 6.45) is 24.8. The van der Waals surface area contributed by atoms with Gasteiger partial charge in [-0.05, 0) is 119 Å². The number of Topliss-reactive ketones (excluding diaryl/α,β-unsaturated/α-hetero) is 1. The fraction of sp³-hybridized carbons (Fsp3) is 0.424. The van der Waals surface area contributed by atoms with Crippen LogP contribution in [0.5, 0.6) is 0 Å². The van der Waals surface area contributed by atoms with Crippen LogP contribution in [-0.4, -0.2) is 188 Å². The van der Waals surface area contributed by atoms with E-state index in [1.165, 1.54) is 44.9 Å². The van der Waals surface area contributed by atoms with Crippen molar-refractivity contribution >= 4 is 69.0 Å². The van der Waals surface area contributed by atoms with Crippen LogP contribution in [0, 0.1) is 0 Å². The number of benzene rings is 3. The molecule has 12 heterocycles. The molecule has 25 nitrogen and oxygen atoms in total. The Morgan fingerprint density at radius 2 is 0.681 bits per heavy atom. The Kier molecular flexibility index (Phi) is 27.5. The fourth-order valence-electron chi connectivity index (χ4n) is 16.1. The Hall–Kier alpha value is -9.57. The molecule has 6 fully saturated rings. The Morgan fingerprint density at radius 1 is 0.397 bits per heavy atom. The molecule has 620 valence electrons. The number of hydrogen-bond donors (Lipinski definition) is 1. The molecule has 18 rings (SSSR count). The maximum Gasteiger partial charge on any atom is 0.269 e. The van der Waals surface area contributed by atoms with Gasteiger partial charge in [-0.3, -0.25) is 28.6 Å². The number of aromatic nitrogens is 12. The summed E-state index contributed by atoms with van der Waals surface area (Å²) in [6, 6.07) is 30.6. The number of rotatable bonds is 14. The summed E-state index contributed by atoms with van der Waals surface area (Å²) in [5.74, 6) is 0.0588. The van der Waals surface area contributed by atoms with Crippen LogP contribution in [0.4, 0.5) is 13.2 Å². The highest BCUT2D eigenvalue weighted by Gasteiger charge is 2.43. The molecule has 0 bridgehead atoms. The van der Waals surface area contributed by atoms with Crippen LogP contribution in [0.2, 0.25) is 0 Å². The van der Waals surface area contributed by atoms with E-state index in [2.05, 4.69) is 45.4 Å². The molecule has 31 heteroatoms. The Bertz CT molecular complexity index is 5430. The molecule has 9 aromatic heterocycles. The lowest BCUT2D eigenvalue weighted by molar-refractivity contribution is -0.123. The molecule has 6 aliphatic rings. The van der Waals surface area contributed by atoms with Gasteiger partial charge >= 0.3 is 0 Å². The van der Waals surface area contributed by atoms with Crippen LogP contribution in [0.15, 0.2) is 198 Å². The number of aryl methyl sites for hydroxylation is 3. The predicted octanol–water partition coefficient (Wildman–Crippen LogP) is 14.4. The Balaban J connectivity index is 0.000000162. The number of ether oxygens (including phenoxy) is 3. The number of nitrogens with zero attached hydrogens (tertiary/aromatic N) is 14. The number of ketones is 1. The number of nitrogens with one attached hydrogen (secondary N) is 1. The number of carbonyl (C=O) groups is 1. The van der Waals surface area contributed by atoms with Gasteiger partial charge in [-0.25, -0.2) is 65.3 Å². The maximum atomic E-state index is 16.4. The lowest BCUT2D eigenvalue weighted by Gasteiger charge is -2.41. The van der Waals surface area contributed by atoms with Gasteiger partial charge in [0.25, 0.3) is 30.1 Å². The molecule has 3 aromatic carbocycles. The summed E-state index contributed by atoms with van der Waals surface area (Å²) in [5.41, 5.74) is 1.55. The van der Waals surface area contributed by atoms with E-state index in [-0.39, 0.29) is 92.8 Å². The molecular weight excluding hydrogens is 1540 g/mol. The average molecular weight is 1650 g/mol. The van der Waals surface area contributed by atoms with Crippen LogP contribution in [-0.2, 0) is 87.2 Å². The second-order valence-corrected chi connectivity index (χ2v) is 35.0. The van der Waals surface area contributed by atoms with Crippen molar-refractivity contribution in [2.75, 3.05) is 78.9 Å². The predicted molar refractivity (Wildman–Crippen MR) is 445 cm³/mol. The topological polar surface area (TPSA) is 273 Å². The number of halogens is 3. The van der Waals surface area contributed by atoms with Gasteiger partial charge in [-0.2, -0.15) is 15.3 Å². The molecule has 0 radical (unpaired) electrons. The van der Waals surface area contributed by atoms with Gasteiger partial charge < -0.3 is 19.5 Å². The third kappa shape index (κ3) is 18.1. The van der Waals surface area contributed by atoms with Crippen molar-refractivity contribution in [3.05, 3.63) is 200 Å². The van der Waals surface area contributed by atoms with Gasteiger partial charge in [0.1, 0.15) is 22.8 Å². The molecule has 3 aliphatic carbocycles. The SMILES string of the molecule is C.C.C.C.C1COCCN1.Cn1cc(-c2cn(S(=O)(=O)c3ccccc3)c3ncc(C4(F)CCC(=O)CC4)cc23)cn1.Cn1cc(-c2cn(S(=O)(=O)c3ccccc3)c3ncc(C4(F)CCC(N5CCOCC5)CC4)cc23)cn1.Cn1cc(-c2cn(S(=O)(=O)c3ccccc3)c3ncc(C4(F)CCC(N5CCOCC5)CC4)cc23)cn1. The number of fused-ring (bicyclic) bond motifs is 3. The Labute approximate surface area is 678 Å². The molecule has 1 N–H and O–H groups in total. The molecule has 12 aromatic rings. The molecular formula is C85H106F3N15O10S3. The van der Waals surface area contributed by atoms with Crippen molar-refractivity contribution < 1.29 is 57.4 Å². The Morgan fingerprint density at radius 3 is 0.940 bits per heavy atom. The van der Waals surface area contributed by atoms with E-state index in [1.807, 2.05) is 12.4 Å². The van der Waals surface area contributed by atoms with Gasteiger partial charge in [-0.1, -0.05) is 84.3 Å². The normalized spacial score (nSPS) is 20.8. The van der Waals surface area contributed by atoms with E-state index < -0.39 is 47.1 Å². The van der Waals surface area contributed by atoms with E-state index in [0.29, 0.717) is 92.9 Å². The van der Waals surface area contributed by atoms with E-state index in [1.54, 1.807) is 169 Å². The van der Waals surface area contributed by atoms with Crippen molar-refractivity contribution in [1.29, 1.82) is 0 Å². The summed E-state index contributed by atoms with van der Waals surface area (Å²) >= 11 is 0. The first-order valence-electron chi connectivity index (χ1n) is 37.9. The van der Waals surface area contributed by atoms with E-state index in [0.717, 1.165) is 120 Å². The monoisotopic (exact) mass is 1650 g/mol. The maximum absolute atomic E-state index is 16.4. The zero-order chi connectivity index (χ0) is 78.0. The van der Waals surface area contributed by atoms with Crippen LogP contribution in [0.1, 0.15) is 123 Å². The molecule has 0 amide bonds. The van der Waals surface area contributed by atoms with Gasteiger partial charge in [0, 0.05) is 207 Å². The molecule has 0 unspecified atom stereocenters. The molecule has 3 saturated heterocycles. The zero-order valence-electron chi connectivity index (χ0n) is 62.6. The zero-order valence-corrected chi connectivity index (χ0v) is 65.1. The molecule has 3 aliphatic heterocycles. The third-order valence-corrected chi connectivity index (χ3v) is 27.4. The summed E-state index contributed by atoms with van der Waals surface area (Å²) < 4.78 is 154. The smallest absolute Gasteiger partial charge is 0.269 e. The second kappa shape index (κ2) is 36.5. The highest BCUT2D eigenvalue weighted by atomic mass is 32.2. The van der Waals surface area contributed by atoms with E-state index in [4.69, 9.17) is 14.2 Å². The first-order valence-corrected chi connectivity index (χ1v) is 42.2. The number of carbonyl (C=O) groups excluding carboxylic acids is 1. The lowest BCUT2D eigenvalue weighted by atomic mass is 9.79. The van der Waals surface area contributed by atoms with Crippen LogP contribution in [0.3, 0.4) is 0 Å². The summed E-state index contributed by atoms with van der Waals surface area (Å²) in [5, 5.41) is 17.6. The lowest BCUT2D eigenvalue weighted by Crippen LogP contribution is -2.46. The highest BCUT2D eigenvalue weighted by molar-refractivity contribution is 7.90. The minimum Gasteiger partial charge on any atom is -0.379 e. The standard InChI is InChI=1S/2C27H30FN5O3S.C23H21FN4O3S.C4H9NO.4CH4/c2*1-31-18-20(16-30-31)25-19-33(37(34,35)23-5-3-2-4-6-23)26-24(25)15-21(17-29-26)27(28)9-7-22(8-10-27)32-11-13-36-14-12-32;1-27-14-16(12-26-27)21-15-28(32(30,31)19-5-3-2-4-6-19)22-20(21)11-17(13-25-22)23(24)9-7-18(29)8-10-23;1-3-6-4-2-5-1;;;;/h2*2-6,15-19,22H,7-14H2,1H3;2-6,11-15H,7-10H2,1H3;5H,1-4H2;4*1H4. The van der Waals surface area contributed by atoms with Crippen LogP contribution >= 0.6 is 0 Å². The van der Waals surface area contributed by atoms with E-state index in [9.17, 15) is 30.0 Å².